The van der Waals surface area contributed by atoms with Gasteiger partial charge in [-0.05, 0) is 26.1 Å². The van der Waals surface area contributed by atoms with Gasteiger partial charge in [-0.1, -0.05) is 0 Å². The number of aromatic nitrogens is 1. The Morgan fingerprint density at radius 1 is 1.41 bits per heavy atom. The molecule has 0 atom stereocenters. The Hall–Kier alpha value is -1.88. The van der Waals surface area contributed by atoms with E-state index in [1.54, 1.807) is 6.07 Å². The average Bonchev–Trinajstić information content (AvgIpc) is 2.72. The predicted molar refractivity (Wildman–Crippen MR) is 65.0 cm³/mol. The molecule has 2 aromatic heterocycles. The number of nitrogens with one attached hydrogen (secondary N) is 2. The van der Waals surface area contributed by atoms with Crippen LogP contribution in [0.3, 0.4) is 0 Å². The first kappa shape index (κ1) is 11.6. The van der Waals surface area contributed by atoms with Gasteiger partial charge in [0.15, 0.2) is 11.3 Å². The molecule has 0 saturated carbocycles. The highest BCUT2D eigenvalue weighted by Gasteiger charge is 2.12. The molecule has 0 aliphatic heterocycles. The van der Waals surface area contributed by atoms with E-state index in [4.69, 9.17) is 4.42 Å². The summed E-state index contributed by atoms with van der Waals surface area (Å²) in [7, 11) is 1.83. The second kappa shape index (κ2) is 4.97. The number of rotatable bonds is 4. The van der Waals surface area contributed by atoms with E-state index in [1.807, 2.05) is 26.1 Å². The van der Waals surface area contributed by atoms with Crippen molar-refractivity contribution in [1.29, 1.82) is 0 Å². The van der Waals surface area contributed by atoms with Gasteiger partial charge in [-0.3, -0.25) is 4.79 Å². The summed E-state index contributed by atoms with van der Waals surface area (Å²) >= 11 is 0. The lowest BCUT2D eigenvalue weighted by molar-refractivity contribution is 0.0928. The van der Waals surface area contributed by atoms with Crippen LogP contribution in [0.2, 0.25) is 0 Å². The van der Waals surface area contributed by atoms with E-state index in [2.05, 4.69) is 15.6 Å². The third kappa shape index (κ3) is 2.62. The van der Waals surface area contributed by atoms with Gasteiger partial charge in [-0.15, -0.1) is 0 Å². The summed E-state index contributed by atoms with van der Waals surface area (Å²) in [6.07, 6.45) is 0. The molecular formula is C12H15N3O2. The topological polar surface area (TPSA) is 67.2 Å². The maximum Gasteiger partial charge on any atom is 0.287 e. The third-order valence-electron chi connectivity index (χ3n) is 2.40. The van der Waals surface area contributed by atoms with Gasteiger partial charge in [-0.2, -0.15) is 0 Å². The molecule has 5 heteroatoms. The summed E-state index contributed by atoms with van der Waals surface area (Å²) < 4.78 is 5.42. The van der Waals surface area contributed by atoms with Crippen molar-refractivity contribution in [3.63, 3.8) is 0 Å². The molecule has 2 aromatic rings. The fourth-order valence-electron chi connectivity index (χ4n) is 1.53. The van der Waals surface area contributed by atoms with Crippen molar-refractivity contribution in [2.24, 2.45) is 0 Å². The number of hydrogen-bond donors (Lipinski definition) is 2. The van der Waals surface area contributed by atoms with Crippen molar-refractivity contribution in [3.05, 3.63) is 29.7 Å². The smallest absolute Gasteiger partial charge is 0.287 e. The van der Waals surface area contributed by atoms with Crippen molar-refractivity contribution in [3.8, 4) is 0 Å². The number of fused-ring (bicyclic) bond motifs is 1. The van der Waals surface area contributed by atoms with Gasteiger partial charge in [0.1, 0.15) is 5.52 Å². The molecule has 1 amide bonds. The molecule has 0 spiro atoms. The van der Waals surface area contributed by atoms with Crippen LogP contribution in [-0.2, 0) is 0 Å². The van der Waals surface area contributed by atoms with Gasteiger partial charge < -0.3 is 15.1 Å². The number of likely N-dealkylation sites (N-methyl/N-ethyl adjacent to an activating group) is 1. The SMILES string of the molecule is CNCCNC(=O)c1cc2nc(C)ccc2o1. The van der Waals surface area contributed by atoms with Crippen LogP contribution in [0.25, 0.3) is 11.1 Å². The predicted octanol–water partition coefficient (Wildman–Crippen LogP) is 1.09. The number of hydrogen-bond acceptors (Lipinski definition) is 4. The minimum Gasteiger partial charge on any atom is -0.449 e. The Morgan fingerprint density at radius 2 is 2.24 bits per heavy atom. The van der Waals surface area contributed by atoms with Crippen molar-refractivity contribution >= 4 is 17.0 Å². The van der Waals surface area contributed by atoms with Crippen molar-refractivity contribution in [1.82, 2.24) is 15.6 Å². The molecule has 0 bridgehead atoms. The Kier molecular flexibility index (Phi) is 3.39. The van der Waals surface area contributed by atoms with Gasteiger partial charge in [0.2, 0.25) is 0 Å². The van der Waals surface area contributed by atoms with E-state index < -0.39 is 0 Å². The summed E-state index contributed by atoms with van der Waals surface area (Å²) in [6, 6.07) is 5.34. The zero-order valence-corrected chi connectivity index (χ0v) is 9.91. The van der Waals surface area contributed by atoms with Crippen LogP contribution in [-0.4, -0.2) is 31.0 Å². The number of carbonyl (C=O) groups excluding carboxylic acids is 1. The summed E-state index contributed by atoms with van der Waals surface area (Å²) in [4.78, 5) is 16.0. The van der Waals surface area contributed by atoms with Gasteiger partial charge in [-0.25, -0.2) is 4.98 Å². The van der Waals surface area contributed by atoms with E-state index in [9.17, 15) is 4.79 Å². The fraction of sp³-hybridized carbons (Fsp3) is 0.333. The highest BCUT2D eigenvalue weighted by Crippen LogP contribution is 2.17. The van der Waals surface area contributed by atoms with Gasteiger partial charge in [0.25, 0.3) is 5.91 Å². The van der Waals surface area contributed by atoms with E-state index in [0.29, 0.717) is 23.4 Å². The maximum absolute atomic E-state index is 11.7. The van der Waals surface area contributed by atoms with E-state index >= 15 is 0 Å². The molecule has 5 nitrogen and oxygen atoms in total. The minimum absolute atomic E-state index is 0.212. The zero-order chi connectivity index (χ0) is 12.3. The van der Waals surface area contributed by atoms with E-state index in [-0.39, 0.29) is 5.91 Å². The number of furan rings is 1. The van der Waals surface area contributed by atoms with Gasteiger partial charge >= 0.3 is 0 Å². The van der Waals surface area contributed by atoms with E-state index in [1.165, 1.54) is 0 Å². The van der Waals surface area contributed by atoms with Crippen molar-refractivity contribution < 1.29 is 9.21 Å². The largest absolute Gasteiger partial charge is 0.449 e. The Morgan fingerprint density at radius 3 is 3.00 bits per heavy atom. The van der Waals surface area contributed by atoms with Crippen LogP contribution in [0.4, 0.5) is 0 Å². The van der Waals surface area contributed by atoms with Crippen molar-refractivity contribution in [2.75, 3.05) is 20.1 Å². The molecule has 0 unspecified atom stereocenters. The zero-order valence-electron chi connectivity index (χ0n) is 9.91. The van der Waals surface area contributed by atoms with Crippen LogP contribution in [0.5, 0.6) is 0 Å². The van der Waals surface area contributed by atoms with Crippen LogP contribution in [0.1, 0.15) is 16.2 Å². The van der Waals surface area contributed by atoms with Crippen LogP contribution < -0.4 is 10.6 Å². The molecule has 0 aliphatic carbocycles. The molecule has 17 heavy (non-hydrogen) atoms. The molecule has 0 saturated heterocycles. The monoisotopic (exact) mass is 233 g/mol. The quantitative estimate of drug-likeness (QED) is 0.776. The van der Waals surface area contributed by atoms with Crippen LogP contribution >= 0.6 is 0 Å². The van der Waals surface area contributed by atoms with Gasteiger partial charge in [0.05, 0.1) is 0 Å². The fourth-order valence-corrected chi connectivity index (χ4v) is 1.53. The Labute approximate surface area is 99.2 Å². The average molecular weight is 233 g/mol. The second-order valence-corrected chi connectivity index (χ2v) is 3.81. The molecule has 0 aromatic carbocycles. The number of carbonyl (C=O) groups is 1. The Balaban J connectivity index is 2.15. The Bertz CT molecular complexity index is 534. The molecule has 2 N–H and O–H groups in total. The highest BCUT2D eigenvalue weighted by molar-refractivity contribution is 5.95. The molecule has 0 aliphatic rings. The maximum atomic E-state index is 11.7. The normalized spacial score (nSPS) is 10.7. The molecule has 0 fully saturated rings. The van der Waals surface area contributed by atoms with Crippen molar-refractivity contribution in [2.45, 2.75) is 6.92 Å². The van der Waals surface area contributed by atoms with Crippen LogP contribution in [0.15, 0.2) is 22.6 Å². The first-order valence-electron chi connectivity index (χ1n) is 5.50. The first-order valence-corrected chi connectivity index (χ1v) is 5.50. The summed E-state index contributed by atoms with van der Waals surface area (Å²) in [6.45, 7) is 3.20. The summed E-state index contributed by atoms with van der Waals surface area (Å²) in [5.41, 5.74) is 2.25. The minimum atomic E-state index is -0.212. The lowest BCUT2D eigenvalue weighted by Crippen LogP contribution is -2.30. The van der Waals surface area contributed by atoms with Gasteiger partial charge in [0, 0.05) is 24.8 Å². The number of amides is 1. The lowest BCUT2D eigenvalue weighted by Gasteiger charge is -2.00. The standard InChI is InChI=1S/C12H15N3O2/c1-8-3-4-10-9(15-8)7-11(17-10)12(16)14-6-5-13-2/h3-4,7,13H,5-6H2,1-2H3,(H,14,16). The second-order valence-electron chi connectivity index (χ2n) is 3.81. The third-order valence-corrected chi connectivity index (χ3v) is 2.40. The summed E-state index contributed by atoms with van der Waals surface area (Å²) in [5.74, 6) is 0.0881. The number of pyridine rings is 1. The van der Waals surface area contributed by atoms with Crippen LogP contribution in [0, 0.1) is 6.92 Å². The lowest BCUT2D eigenvalue weighted by atomic mass is 10.3. The van der Waals surface area contributed by atoms with E-state index in [0.717, 1.165) is 12.2 Å². The summed E-state index contributed by atoms with van der Waals surface area (Å²) in [5, 5.41) is 5.70. The number of aryl methyl sites for hydroxylation is 1. The highest BCUT2D eigenvalue weighted by atomic mass is 16.3. The molecular weight excluding hydrogens is 218 g/mol. The molecule has 2 rings (SSSR count). The molecule has 2 heterocycles. The molecule has 0 radical (unpaired) electrons. The number of nitrogens with zero attached hydrogens (tertiary/aromatic N) is 1. The first-order chi connectivity index (χ1) is 8.20. The molecule has 90 valence electrons.